The van der Waals surface area contributed by atoms with Crippen LogP contribution < -0.4 is 5.11 Å². The van der Waals surface area contributed by atoms with E-state index in [1.165, 1.54) is 77.0 Å². The number of rotatable bonds is 15. The molecule has 0 unspecified atom stereocenters. The van der Waals surface area contributed by atoms with Crippen molar-refractivity contribution in [2.75, 3.05) is 28.2 Å². The smallest absolute Gasteiger partial charge is 0.0675 e. The zero-order chi connectivity index (χ0) is 18.7. The fraction of sp³-hybridized carbons (Fsp3) is 0.952. The topological polar surface area (TPSA) is 40.1 Å². The molecule has 0 amide bonds. The van der Waals surface area contributed by atoms with Crippen LogP contribution in [0.1, 0.15) is 103 Å². The van der Waals surface area contributed by atoms with Gasteiger partial charge in [0.15, 0.2) is 0 Å². The Bertz CT molecular complexity index is 253. The van der Waals surface area contributed by atoms with E-state index in [-0.39, 0.29) is 6.42 Å². The third-order valence-corrected chi connectivity index (χ3v) is 3.73. The molecular formula is C21H45NO2. The zero-order valence-corrected chi connectivity index (χ0v) is 17.4. The molecule has 0 aliphatic heterocycles. The molecule has 0 heterocycles. The summed E-state index contributed by atoms with van der Waals surface area (Å²) in [5.41, 5.74) is 0. The molecule has 0 spiro atoms. The summed E-state index contributed by atoms with van der Waals surface area (Å²) in [4.78, 5) is 10.2. The van der Waals surface area contributed by atoms with Gasteiger partial charge in [-0.25, -0.2) is 0 Å². The summed E-state index contributed by atoms with van der Waals surface area (Å²) in [5.74, 6) is -0.904. The first-order valence-corrected chi connectivity index (χ1v) is 10.3. The molecule has 0 bridgehead atoms. The second-order valence-corrected chi connectivity index (χ2v) is 8.40. The first-order chi connectivity index (χ1) is 11.3. The Balaban J connectivity index is 0. The van der Waals surface area contributed by atoms with E-state index in [4.69, 9.17) is 0 Å². The molecule has 0 atom stereocenters. The first-order valence-electron chi connectivity index (χ1n) is 10.3. The summed E-state index contributed by atoms with van der Waals surface area (Å²) in [6, 6.07) is 0. The number of carboxylic acid groups (broad SMARTS) is 1. The van der Waals surface area contributed by atoms with Crippen molar-refractivity contribution in [2.24, 2.45) is 0 Å². The molecule has 0 radical (unpaired) electrons. The van der Waals surface area contributed by atoms with E-state index < -0.39 is 5.97 Å². The molecule has 146 valence electrons. The normalized spacial score (nSPS) is 11.0. The van der Waals surface area contributed by atoms with Gasteiger partial charge in [-0.3, -0.25) is 0 Å². The third-order valence-electron chi connectivity index (χ3n) is 3.73. The highest BCUT2D eigenvalue weighted by Crippen LogP contribution is 2.13. The van der Waals surface area contributed by atoms with Gasteiger partial charge in [0.2, 0.25) is 0 Å². The van der Waals surface area contributed by atoms with Gasteiger partial charge >= 0.3 is 0 Å². The van der Waals surface area contributed by atoms with Crippen LogP contribution in [0.2, 0.25) is 0 Å². The quantitative estimate of drug-likeness (QED) is 0.312. The number of carbonyl (C=O) groups excluding carboxylic acids is 1. The second-order valence-electron chi connectivity index (χ2n) is 8.40. The molecule has 24 heavy (non-hydrogen) atoms. The average Bonchev–Trinajstić information content (AvgIpc) is 2.45. The number of unbranched alkanes of at least 4 members (excludes halogenated alkanes) is 13. The van der Waals surface area contributed by atoms with Gasteiger partial charge < -0.3 is 14.4 Å². The lowest BCUT2D eigenvalue weighted by molar-refractivity contribution is -0.849. The number of quaternary nitrogens is 1. The summed E-state index contributed by atoms with van der Waals surface area (Å²) >= 11 is 0. The van der Waals surface area contributed by atoms with E-state index in [0.717, 1.165) is 17.3 Å². The van der Waals surface area contributed by atoms with Gasteiger partial charge in [0, 0.05) is 5.97 Å². The molecule has 0 fully saturated rings. The van der Waals surface area contributed by atoms with Crippen LogP contribution in [0.15, 0.2) is 0 Å². The van der Waals surface area contributed by atoms with Gasteiger partial charge in [-0.2, -0.15) is 0 Å². The van der Waals surface area contributed by atoms with E-state index >= 15 is 0 Å². The fourth-order valence-electron chi connectivity index (χ4n) is 2.46. The molecule has 0 aliphatic rings. The van der Waals surface area contributed by atoms with E-state index in [9.17, 15) is 9.90 Å². The fourth-order valence-corrected chi connectivity index (χ4v) is 2.46. The van der Waals surface area contributed by atoms with Gasteiger partial charge in [0.05, 0.1) is 28.2 Å². The molecule has 0 rings (SSSR count). The van der Waals surface area contributed by atoms with Crippen molar-refractivity contribution in [3.05, 3.63) is 0 Å². The Kier molecular flexibility index (Phi) is 20.1. The van der Waals surface area contributed by atoms with E-state index in [0.29, 0.717) is 0 Å². The van der Waals surface area contributed by atoms with Crippen molar-refractivity contribution < 1.29 is 14.4 Å². The maximum absolute atomic E-state index is 10.2. The number of hydrogen-bond acceptors (Lipinski definition) is 2. The van der Waals surface area contributed by atoms with Crippen LogP contribution in [0.25, 0.3) is 0 Å². The predicted octanol–water partition coefficient (Wildman–Crippen LogP) is 4.93. The SMILES string of the molecule is CCCCCCCCCCCCCCCCC(=O)[O-].C[N+](C)(C)C. The van der Waals surface area contributed by atoms with Crippen LogP contribution in [0.4, 0.5) is 0 Å². The third kappa shape index (κ3) is 37.6. The lowest BCUT2D eigenvalue weighted by Crippen LogP contribution is -2.27. The predicted molar refractivity (Wildman–Crippen MR) is 104 cm³/mol. The van der Waals surface area contributed by atoms with Crippen molar-refractivity contribution in [2.45, 2.75) is 103 Å². The van der Waals surface area contributed by atoms with Crippen LogP contribution in [0.3, 0.4) is 0 Å². The van der Waals surface area contributed by atoms with Gasteiger partial charge in [0.25, 0.3) is 0 Å². The summed E-state index contributed by atoms with van der Waals surface area (Å²) in [6.07, 6.45) is 18.4. The molecule has 3 nitrogen and oxygen atoms in total. The molecule has 3 heteroatoms. The number of aliphatic carboxylic acids is 1. The number of nitrogens with zero attached hydrogens (tertiary/aromatic N) is 1. The van der Waals surface area contributed by atoms with Crippen LogP contribution in [0.5, 0.6) is 0 Å². The Labute approximate surface area is 152 Å². The standard InChI is InChI=1S/C17H34O2.C4H12N/c1-2-3-4-5-6-7-8-9-10-11-12-13-14-15-16-17(18)19;1-5(2,3)4/h2-16H2,1H3,(H,18,19);1-4H3/q;+1/p-1. The van der Waals surface area contributed by atoms with Gasteiger partial charge in [0.1, 0.15) is 0 Å². The summed E-state index contributed by atoms with van der Waals surface area (Å²) in [7, 11) is 8.50. The van der Waals surface area contributed by atoms with Crippen LogP contribution >= 0.6 is 0 Å². The zero-order valence-electron chi connectivity index (χ0n) is 17.4. The average molecular weight is 344 g/mol. The molecule has 0 aliphatic carbocycles. The van der Waals surface area contributed by atoms with Crippen LogP contribution in [-0.4, -0.2) is 38.6 Å². The highest BCUT2D eigenvalue weighted by molar-refractivity contribution is 5.63. The van der Waals surface area contributed by atoms with Crippen molar-refractivity contribution in [3.8, 4) is 0 Å². The number of carbonyl (C=O) groups is 1. The summed E-state index contributed by atoms with van der Waals surface area (Å²) in [5, 5.41) is 10.2. The van der Waals surface area contributed by atoms with E-state index in [2.05, 4.69) is 35.1 Å². The Morgan fingerprint density at radius 3 is 1.12 bits per heavy atom. The summed E-state index contributed by atoms with van der Waals surface area (Å²) < 4.78 is 1.00. The van der Waals surface area contributed by atoms with E-state index in [1.54, 1.807) is 0 Å². The van der Waals surface area contributed by atoms with Crippen molar-refractivity contribution in [1.82, 2.24) is 0 Å². The second kappa shape index (κ2) is 18.8. The Morgan fingerprint density at radius 1 is 0.625 bits per heavy atom. The molecule has 0 N–H and O–H groups in total. The van der Waals surface area contributed by atoms with Crippen molar-refractivity contribution in [3.63, 3.8) is 0 Å². The largest absolute Gasteiger partial charge is 0.550 e. The molecule has 0 saturated heterocycles. The minimum atomic E-state index is -0.904. The summed E-state index contributed by atoms with van der Waals surface area (Å²) in [6.45, 7) is 2.26. The lowest BCUT2D eigenvalue weighted by Gasteiger charge is -2.14. The molecular weight excluding hydrogens is 298 g/mol. The maximum atomic E-state index is 10.2. The molecule has 0 saturated carbocycles. The number of hydrogen-bond donors (Lipinski definition) is 0. The molecule has 0 aromatic heterocycles. The molecule has 0 aromatic carbocycles. The Hall–Kier alpha value is -0.570. The van der Waals surface area contributed by atoms with Crippen LogP contribution in [-0.2, 0) is 4.79 Å². The van der Waals surface area contributed by atoms with E-state index in [1.807, 2.05) is 0 Å². The maximum Gasteiger partial charge on any atom is 0.0675 e. The van der Waals surface area contributed by atoms with Gasteiger partial charge in [-0.1, -0.05) is 90.4 Å². The molecule has 0 aromatic rings. The highest BCUT2D eigenvalue weighted by Gasteiger charge is 1.94. The monoisotopic (exact) mass is 343 g/mol. The van der Waals surface area contributed by atoms with Crippen LogP contribution in [0, 0.1) is 0 Å². The Morgan fingerprint density at radius 2 is 0.875 bits per heavy atom. The minimum Gasteiger partial charge on any atom is -0.550 e. The first kappa shape index (κ1) is 25.7. The minimum absolute atomic E-state index is 0.234. The van der Waals surface area contributed by atoms with Crippen molar-refractivity contribution in [1.29, 1.82) is 0 Å². The lowest BCUT2D eigenvalue weighted by atomic mass is 10.0. The number of carboxylic acids is 1. The van der Waals surface area contributed by atoms with Gasteiger partial charge in [-0.05, 0) is 12.8 Å². The highest BCUT2D eigenvalue weighted by atomic mass is 16.4. The van der Waals surface area contributed by atoms with Crippen molar-refractivity contribution >= 4 is 5.97 Å². The van der Waals surface area contributed by atoms with Gasteiger partial charge in [-0.15, -0.1) is 0 Å².